The number of Topliss-reactive ketones (excluding diaryl/α,β-unsaturated/α-hetero) is 1. The van der Waals surface area contributed by atoms with Crippen molar-refractivity contribution in [3.63, 3.8) is 0 Å². The molecule has 0 aliphatic carbocycles. The fourth-order valence-corrected chi connectivity index (χ4v) is 2.47. The lowest BCUT2D eigenvalue weighted by Crippen LogP contribution is -2.48. The molecule has 4 atom stereocenters. The minimum absolute atomic E-state index is 0.0401. The van der Waals surface area contributed by atoms with Gasteiger partial charge in [-0.25, -0.2) is 4.79 Å². The minimum atomic E-state index is -0.558. The Kier molecular flexibility index (Phi) is 4.93. The lowest BCUT2D eigenvalue weighted by molar-refractivity contribution is -0.123. The Balaban J connectivity index is 2.69. The maximum absolute atomic E-state index is 11.6. The number of amides is 1. The van der Waals surface area contributed by atoms with Gasteiger partial charge in [-0.2, -0.15) is 0 Å². The van der Waals surface area contributed by atoms with E-state index in [4.69, 9.17) is 4.74 Å². The quantitative estimate of drug-likeness (QED) is 0.816. The summed E-state index contributed by atoms with van der Waals surface area (Å²) in [5, 5.41) is 2.61. The van der Waals surface area contributed by atoms with Gasteiger partial charge >= 0.3 is 6.09 Å². The number of ketones is 1. The van der Waals surface area contributed by atoms with Crippen LogP contribution in [0, 0.1) is 5.92 Å². The second-order valence-corrected chi connectivity index (χ2v) is 4.71. The predicted molar refractivity (Wildman–Crippen MR) is 62.7 cm³/mol. The van der Waals surface area contributed by atoms with E-state index in [1.807, 2.05) is 13.8 Å². The van der Waals surface area contributed by atoms with Crippen molar-refractivity contribution in [1.29, 1.82) is 0 Å². The molecule has 5 nitrogen and oxygen atoms in total. The Morgan fingerprint density at radius 1 is 1.29 bits per heavy atom. The van der Waals surface area contributed by atoms with Crippen LogP contribution in [0.3, 0.4) is 0 Å². The summed E-state index contributed by atoms with van der Waals surface area (Å²) >= 11 is 0. The zero-order chi connectivity index (χ0) is 13.0. The average molecular weight is 243 g/mol. The zero-order valence-electron chi connectivity index (χ0n) is 10.9. The van der Waals surface area contributed by atoms with Crippen LogP contribution in [0.4, 0.5) is 4.79 Å². The van der Waals surface area contributed by atoms with Gasteiger partial charge in [-0.05, 0) is 39.5 Å². The summed E-state index contributed by atoms with van der Waals surface area (Å²) < 4.78 is 10.2. The first-order chi connectivity index (χ1) is 7.93. The van der Waals surface area contributed by atoms with Crippen molar-refractivity contribution < 1.29 is 19.1 Å². The summed E-state index contributed by atoms with van der Waals surface area (Å²) in [5.74, 6) is 0.0760. The Hall–Kier alpha value is -1.10. The van der Waals surface area contributed by atoms with Crippen LogP contribution in [0.5, 0.6) is 0 Å². The maximum atomic E-state index is 11.6. The molecule has 1 aliphatic heterocycles. The van der Waals surface area contributed by atoms with Gasteiger partial charge in [0.2, 0.25) is 0 Å². The average Bonchev–Trinajstić information content (AvgIpc) is 2.23. The van der Waals surface area contributed by atoms with E-state index in [1.54, 1.807) is 0 Å². The van der Waals surface area contributed by atoms with Crippen molar-refractivity contribution >= 4 is 11.9 Å². The fourth-order valence-electron chi connectivity index (χ4n) is 2.47. The largest absolute Gasteiger partial charge is 0.453 e. The number of hydrogen-bond acceptors (Lipinski definition) is 4. The Bertz CT molecular complexity index is 282. The van der Waals surface area contributed by atoms with E-state index < -0.39 is 12.1 Å². The van der Waals surface area contributed by atoms with Crippen LogP contribution in [0.2, 0.25) is 0 Å². The molecular weight excluding hydrogens is 222 g/mol. The highest BCUT2D eigenvalue weighted by Gasteiger charge is 2.34. The number of carbonyl (C=O) groups is 2. The summed E-state index contributed by atoms with van der Waals surface area (Å²) in [6, 6.07) is -0.476. The van der Waals surface area contributed by atoms with E-state index in [0.29, 0.717) is 0 Å². The molecule has 17 heavy (non-hydrogen) atoms. The third kappa shape index (κ3) is 4.00. The molecule has 1 fully saturated rings. The van der Waals surface area contributed by atoms with E-state index in [1.165, 1.54) is 14.0 Å². The molecule has 0 saturated carbocycles. The first kappa shape index (κ1) is 14.0. The highest BCUT2D eigenvalue weighted by molar-refractivity contribution is 5.85. The van der Waals surface area contributed by atoms with E-state index in [9.17, 15) is 9.59 Å². The topological polar surface area (TPSA) is 64.6 Å². The lowest BCUT2D eigenvalue weighted by atomic mass is 9.84. The molecule has 1 saturated heterocycles. The van der Waals surface area contributed by atoms with Gasteiger partial charge in [0.25, 0.3) is 0 Å². The van der Waals surface area contributed by atoms with Crippen molar-refractivity contribution in [3.8, 4) is 0 Å². The minimum Gasteiger partial charge on any atom is -0.453 e. The summed E-state index contributed by atoms with van der Waals surface area (Å²) in [5.41, 5.74) is 0. The molecule has 0 bridgehead atoms. The summed E-state index contributed by atoms with van der Waals surface area (Å²) in [6.07, 6.45) is 1.23. The number of carbonyl (C=O) groups excluding carboxylic acids is 2. The van der Waals surface area contributed by atoms with Crippen LogP contribution in [-0.4, -0.2) is 37.2 Å². The molecule has 1 amide bonds. The van der Waals surface area contributed by atoms with Gasteiger partial charge in [0.15, 0.2) is 5.78 Å². The molecule has 1 aliphatic rings. The summed E-state index contributed by atoms with van der Waals surface area (Å²) in [4.78, 5) is 22.8. The summed E-state index contributed by atoms with van der Waals surface area (Å²) in [6.45, 7) is 5.46. The number of rotatable bonds is 3. The molecule has 98 valence electrons. The molecule has 0 spiro atoms. The molecule has 1 heterocycles. The highest BCUT2D eigenvalue weighted by atomic mass is 16.5. The van der Waals surface area contributed by atoms with E-state index in [-0.39, 0.29) is 23.9 Å². The van der Waals surface area contributed by atoms with Gasteiger partial charge in [0, 0.05) is 0 Å². The third-order valence-electron chi connectivity index (χ3n) is 3.10. The van der Waals surface area contributed by atoms with Crippen molar-refractivity contribution in [2.24, 2.45) is 5.92 Å². The molecule has 1 N–H and O–H groups in total. The van der Waals surface area contributed by atoms with E-state index in [2.05, 4.69) is 10.1 Å². The van der Waals surface area contributed by atoms with Crippen molar-refractivity contribution in [2.75, 3.05) is 7.11 Å². The Labute approximate surface area is 102 Å². The maximum Gasteiger partial charge on any atom is 0.407 e. The van der Waals surface area contributed by atoms with E-state index in [0.717, 1.165) is 12.8 Å². The fraction of sp³-hybridized carbons (Fsp3) is 0.833. The highest BCUT2D eigenvalue weighted by Crippen LogP contribution is 2.27. The smallest absolute Gasteiger partial charge is 0.407 e. The van der Waals surface area contributed by atoms with Gasteiger partial charge in [-0.15, -0.1) is 0 Å². The van der Waals surface area contributed by atoms with Crippen molar-refractivity contribution in [1.82, 2.24) is 5.32 Å². The van der Waals surface area contributed by atoms with Crippen LogP contribution in [0.25, 0.3) is 0 Å². The SMILES string of the molecule is COC(=O)N[C@@H](C(C)=O)C1C[C@@H](C)O[C@@H](C)C1. The monoisotopic (exact) mass is 243 g/mol. The number of nitrogens with one attached hydrogen (secondary N) is 1. The Morgan fingerprint density at radius 3 is 2.24 bits per heavy atom. The number of methoxy groups -OCH3 is 1. The van der Waals surface area contributed by atoms with Crippen LogP contribution in [-0.2, 0) is 14.3 Å². The molecule has 0 aromatic rings. The first-order valence-electron chi connectivity index (χ1n) is 5.94. The molecule has 0 aromatic carbocycles. The second-order valence-electron chi connectivity index (χ2n) is 4.71. The zero-order valence-corrected chi connectivity index (χ0v) is 10.9. The number of alkyl carbamates (subject to hydrolysis) is 1. The van der Waals surface area contributed by atoms with Crippen LogP contribution in [0.15, 0.2) is 0 Å². The molecule has 1 rings (SSSR count). The molecular formula is C12H21NO4. The van der Waals surface area contributed by atoms with Crippen LogP contribution >= 0.6 is 0 Å². The normalized spacial score (nSPS) is 30.5. The third-order valence-corrected chi connectivity index (χ3v) is 3.10. The van der Waals surface area contributed by atoms with Gasteiger partial charge < -0.3 is 14.8 Å². The van der Waals surface area contributed by atoms with E-state index >= 15 is 0 Å². The van der Waals surface area contributed by atoms with Gasteiger partial charge in [0.05, 0.1) is 25.4 Å². The molecule has 5 heteroatoms. The van der Waals surface area contributed by atoms with Crippen molar-refractivity contribution in [3.05, 3.63) is 0 Å². The molecule has 0 radical (unpaired) electrons. The van der Waals surface area contributed by atoms with Crippen molar-refractivity contribution in [2.45, 2.75) is 51.9 Å². The lowest BCUT2D eigenvalue weighted by Gasteiger charge is -2.35. The second kappa shape index (κ2) is 6.00. The van der Waals surface area contributed by atoms with Crippen LogP contribution in [0.1, 0.15) is 33.6 Å². The first-order valence-corrected chi connectivity index (χ1v) is 5.94. The standard InChI is InChI=1S/C12H21NO4/c1-7-5-10(6-8(2)17-7)11(9(3)14)13-12(15)16-4/h7-8,10-11H,5-6H2,1-4H3,(H,13,15)/t7-,8+,10?,11-/m0/s1. The molecule has 0 aromatic heterocycles. The number of hydrogen-bond donors (Lipinski definition) is 1. The predicted octanol–water partition coefficient (Wildman–Crippen LogP) is 1.50. The Morgan fingerprint density at radius 2 is 1.82 bits per heavy atom. The van der Waals surface area contributed by atoms with Gasteiger partial charge in [0.1, 0.15) is 0 Å². The van der Waals surface area contributed by atoms with Gasteiger partial charge in [-0.1, -0.05) is 0 Å². The number of ether oxygens (including phenoxy) is 2. The van der Waals surface area contributed by atoms with Crippen LogP contribution < -0.4 is 5.32 Å². The van der Waals surface area contributed by atoms with Gasteiger partial charge in [-0.3, -0.25) is 4.79 Å². The summed E-state index contributed by atoms with van der Waals surface area (Å²) in [7, 11) is 1.29. The molecule has 1 unspecified atom stereocenters.